The molecule has 0 spiro atoms. The molecule has 0 radical (unpaired) electrons. The van der Waals surface area contributed by atoms with Crippen molar-refractivity contribution in [3.8, 4) is 0 Å². The van der Waals surface area contributed by atoms with Gasteiger partial charge in [0, 0.05) is 24.8 Å². The molecule has 0 saturated carbocycles. The largest absolute Gasteiger partial charge is 0.354 e. The highest BCUT2D eigenvalue weighted by Gasteiger charge is 2.37. The van der Waals surface area contributed by atoms with Crippen LogP contribution in [0.25, 0.3) is 0 Å². The highest BCUT2D eigenvalue weighted by molar-refractivity contribution is 6.30. The molecule has 1 atom stereocenters. The van der Waals surface area contributed by atoms with Gasteiger partial charge in [-0.1, -0.05) is 11.6 Å². The highest BCUT2D eigenvalue weighted by Crippen LogP contribution is 2.35. The van der Waals surface area contributed by atoms with Crippen LogP contribution in [0.1, 0.15) is 40.0 Å². The standard InChI is InChI=1S/C20H19ClFN3O2/c1-24-17-10-12(19(26)23-13-6-8-15(21)16(22)11-13)5-7-14(17)20(27)25-9-3-2-4-18(24)25/h5-8,10-11,18H,2-4,9H2,1H3,(H,23,26)/t18-/m1/s1. The minimum Gasteiger partial charge on any atom is -0.354 e. The molecule has 2 aliphatic rings. The number of nitrogens with zero attached hydrogens (tertiary/aromatic N) is 2. The number of piperidine rings is 1. The summed E-state index contributed by atoms with van der Waals surface area (Å²) in [6, 6.07) is 9.14. The molecule has 1 saturated heterocycles. The average molecular weight is 388 g/mol. The fraction of sp³-hybridized carbons (Fsp3) is 0.300. The lowest BCUT2D eigenvalue weighted by atomic mass is 9.97. The van der Waals surface area contributed by atoms with Gasteiger partial charge in [-0.2, -0.15) is 0 Å². The number of hydrogen-bond donors (Lipinski definition) is 1. The molecule has 2 amide bonds. The maximum Gasteiger partial charge on any atom is 0.257 e. The summed E-state index contributed by atoms with van der Waals surface area (Å²) in [5.74, 6) is -0.950. The summed E-state index contributed by atoms with van der Waals surface area (Å²) >= 11 is 5.67. The van der Waals surface area contributed by atoms with Crippen LogP contribution in [0.15, 0.2) is 36.4 Å². The second kappa shape index (κ2) is 6.85. The van der Waals surface area contributed by atoms with Gasteiger partial charge in [0.1, 0.15) is 12.0 Å². The van der Waals surface area contributed by atoms with Gasteiger partial charge in [-0.05, 0) is 55.7 Å². The molecule has 1 fully saturated rings. The van der Waals surface area contributed by atoms with Gasteiger partial charge in [0.25, 0.3) is 11.8 Å². The van der Waals surface area contributed by atoms with Crippen molar-refractivity contribution in [3.63, 3.8) is 0 Å². The Labute approximate surface area is 161 Å². The minimum absolute atomic E-state index is 0.000969. The predicted molar refractivity (Wildman–Crippen MR) is 103 cm³/mol. The van der Waals surface area contributed by atoms with E-state index < -0.39 is 5.82 Å². The summed E-state index contributed by atoms with van der Waals surface area (Å²) in [7, 11) is 1.95. The molecule has 2 aliphatic heterocycles. The van der Waals surface area contributed by atoms with Gasteiger partial charge < -0.3 is 15.1 Å². The van der Waals surface area contributed by atoms with E-state index in [9.17, 15) is 14.0 Å². The average Bonchev–Trinajstić information content (AvgIpc) is 2.68. The first-order chi connectivity index (χ1) is 13.0. The fourth-order valence-corrected chi connectivity index (χ4v) is 3.91. The van der Waals surface area contributed by atoms with Crippen LogP contribution >= 0.6 is 11.6 Å². The van der Waals surface area contributed by atoms with Crippen LogP contribution < -0.4 is 10.2 Å². The lowest BCUT2D eigenvalue weighted by molar-refractivity contribution is 0.0589. The van der Waals surface area contributed by atoms with Crippen molar-refractivity contribution in [1.29, 1.82) is 0 Å². The number of fused-ring (bicyclic) bond motifs is 2. The van der Waals surface area contributed by atoms with E-state index in [2.05, 4.69) is 10.2 Å². The molecule has 0 bridgehead atoms. The molecule has 2 aromatic carbocycles. The van der Waals surface area contributed by atoms with E-state index >= 15 is 0 Å². The molecular weight excluding hydrogens is 369 g/mol. The second-order valence-electron chi connectivity index (χ2n) is 6.90. The van der Waals surface area contributed by atoms with E-state index in [1.165, 1.54) is 18.2 Å². The Kier molecular flexibility index (Phi) is 4.52. The summed E-state index contributed by atoms with van der Waals surface area (Å²) < 4.78 is 13.6. The molecule has 5 nitrogen and oxygen atoms in total. The molecule has 27 heavy (non-hydrogen) atoms. The molecular formula is C20H19ClFN3O2. The monoisotopic (exact) mass is 387 g/mol. The second-order valence-corrected chi connectivity index (χ2v) is 7.31. The van der Waals surface area contributed by atoms with Gasteiger partial charge >= 0.3 is 0 Å². The Morgan fingerprint density at radius 1 is 1.22 bits per heavy atom. The Bertz CT molecular complexity index is 933. The number of amides is 2. The van der Waals surface area contributed by atoms with E-state index in [4.69, 9.17) is 11.6 Å². The van der Waals surface area contributed by atoms with E-state index in [1.54, 1.807) is 18.2 Å². The Hall–Kier alpha value is -2.60. The summed E-state index contributed by atoms with van der Waals surface area (Å²) in [5, 5.41) is 2.66. The van der Waals surface area contributed by atoms with Crippen molar-refractivity contribution in [2.75, 3.05) is 23.8 Å². The van der Waals surface area contributed by atoms with Crippen LogP contribution in [0.2, 0.25) is 5.02 Å². The lowest BCUT2D eigenvalue weighted by Crippen LogP contribution is -2.55. The number of halogens is 2. The Morgan fingerprint density at radius 3 is 2.81 bits per heavy atom. The number of rotatable bonds is 2. The van der Waals surface area contributed by atoms with Gasteiger partial charge in [-0.25, -0.2) is 4.39 Å². The molecule has 2 aromatic rings. The van der Waals surface area contributed by atoms with Crippen LogP contribution in [0.4, 0.5) is 15.8 Å². The van der Waals surface area contributed by atoms with Crippen molar-refractivity contribution >= 4 is 34.8 Å². The summed E-state index contributed by atoms with van der Waals surface area (Å²) in [6.45, 7) is 0.762. The number of benzene rings is 2. The Balaban J connectivity index is 1.62. The van der Waals surface area contributed by atoms with Crippen molar-refractivity contribution in [2.24, 2.45) is 0 Å². The SMILES string of the molecule is CN1c2cc(C(=O)Nc3ccc(Cl)c(F)c3)ccc2C(=O)N2CCCC[C@@H]21. The third kappa shape index (κ3) is 3.14. The molecule has 0 aromatic heterocycles. The highest BCUT2D eigenvalue weighted by atomic mass is 35.5. The quantitative estimate of drug-likeness (QED) is 0.842. The molecule has 140 valence electrons. The van der Waals surface area contributed by atoms with Gasteiger partial charge in [0.05, 0.1) is 16.3 Å². The zero-order valence-electron chi connectivity index (χ0n) is 14.8. The smallest absolute Gasteiger partial charge is 0.257 e. The maximum atomic E-state index is 13.6. The Morgan fingerprint density at radius 2 is 2.04 bits per heavy atom. The first kappa shape index (κ1) is 17.8. The van der Waals surface area contributed by atoms with E-state index in [0.29, 0.717) is 16.8 Å². The summed E-state index contributed by atoms with van der Waals surface area (Å²) in [5.41, 5.74) is 2.08. The lowest BCUT2D eigenvalue weighted by Gasteiger charge is -2.46. The van der Waals surface area contributed by atoms with Gasteiger partial charge in [-0.3, -0.25) is 9.59 Å². The number of hydrogen-bond acceptors (Lipinski definition) is 3. The van der Waals surface area contributed by atoms with Crippen molar-refractivity contribution in [2.45, 2.75) is 25.4 Å². The third-order valence-electron chi connectivity index (χ3n) is 5.23. The molecule has 4 rings (SSSR count). The van der Waals surface area contributed by atoms with Crippen LogP contribution in [0.3, 0.4) is 0 Å². The molecule has 0 aliphatic carbocycles. The first-order valence-electron chi connectivity index (χ1n) is 8.90. The molecule has 7 heteroatoms. The van der Waals surface area contributed by atoms with E-state index in [-0.39, 0.29) is 23.0 Å². The van der Waals surface area contributed by atoms with Crippen molar-refractivity contribution in [1.82, 2.24) is 4.90 Å². The molecule has 2 heterocycles. The topological polar surface area (TPSA) is 52.7 Å². The van der Waals surface area contributed by atoms with E-state index in [0.717, 1.165) is 31.5 Å². The number of carbonyl (C=O) groups excluding carboxylic acids is 2. The third-order valence-corrected chi connectivity index (χ3v) is 5.53. The fourth-order valence-electron chi connectivity index (χ4n) is 3.79. The maximum absolute atomic E-state index is 13.6. The van der Waals surface area contributed by atoms with Crippen LogP contribution in [-0.2, 0) is 0 Å². The van der Waals surface area contributed by atoms with Gasteiger partial charge in [0.2, 0.25) is 0 Å². The van der Waals surface area contributed by atoms with Crippen molar-refractivity contribution in [3.05, 3.63) is 58.4 Å². The summed E-state index contributed by atoms with van der Waals surface area (Å²) in [4.78, 5) is 29.3. The normalized spacial score (nSPS) is 18.8. The zero-order chi connectivity index (χ0) is 19.1. The predicted octanol–water partition coefficient (Wildman–Crippen LogP) is 4.13. The summed E-state index contributed by atoms with van der Waals surface area (Å²) in [6.07, 6.45) is 3.05. The van der Waals surface area contributed by atoms with Crippen LogP contribution in [0.5, 0.6) is 0 Å². The van der Waals surface area contributed by atoms with Gasteiger partial charge in [-0.15, -0.1) is 0 Å². The number of carbonyl (C=O) groups is 2. The first-order valence-corrected chi connectivity index (χ1v) is 9.28. The van der Waals surface area contributed by atoms with Crippen molar-refractivity contribution < 1.29 is 14.0 Å². The number of nitrogens with one attached hydrogen (secondary N) is 1. The van der Waals surface area contributed by atoms with Gasteiger partial charge in [0.15, 0.2) is 0 Å². The number of anilines is 2. The van der Waals surface area contributed by atoms with E-state index in [1.807, 2.05) is 11.9 Å². The van der Waals surface area contributed by atoms with Crippen LogP contribution in [0, 0.1) is 5.82 Å². The minimum atomic E-state index is -0.595. The zero-order valence-corrected chi connectivity index (χ0v) is 15.6. The molecule has 1 N–H and O–H groups in total. The van der Waals surface area contributed by atoms with Crippen LogP contribution in [-0.4, -0.2) is 36.5 Å². The molecule has 0 unspecified atom stereocenters.